The molecule has 160 valence electrons. The molecule has 0 N–H and O–H groups in total. The zero-order valence-corrected chi connectivity index (χ0v) is 19.2. The van der Waals surface area contributed by atoms with Crippen molar-refractivity contribution in [3.63, 3.8) is 0 Å². The average molecular weight is 469 g/mol. The standard InChI is InChI=1S/C28H17ClO3S/c1-2-15-10-20-21(13-23(15)29)28(31)22(27(20)30)11-17-12-25-26(33-17)14-24(32-25)19-9-5-7-16-6-3-4-8-18(16)19/h3-14H,2H2,1H3/b22-11-. The van der Waals surface area contributed by atoms with E-state index >= 15 is 0 Å². The van der Waals surface area contributed by atoms with E-state index in [2.05, 4.69) is 24.3 Å². The lowest BCUT2D eigenvalue weighted by Gasteiger charge is -2.03. The van der Waals surface area contributed by atoms with E-state index in [9.17, 15) is 9.59 Å². The van der Waals surface area contributed by atoms with Crippen molar-refractivity contribution in [3.8, 4) is 11.3 Å². The monoisotopic (exact) mass is 468 g/mol. The minimum Gasteiger partial charge on any atom is -0.455 e. The van der Waals surface area contributed by atoms with E-state index in [0.717, 1.165) is 42.8 Å². The molecule has 0 spiro atoms. The molecule has 0 saturated heterocycles. The summed E-state index contributed by atoms with van der Waals surface area (Å²) in [4.78, 5) is 26.7. The first-order chi connectivity index (χ1) is 16.0. The van der Waals surface area contributed by atoms with Crippen LogP contribution in [0.5, 0.6) is 0 Å². The number of rotatable bonds is 3. The molecule has 1 aliphatic rings. The number of carbonyl (C=O) groups is 2. The molecule has 6 rings (SSSR count). The highest BCUT2D eigenvalue weighted by molar-refractivity contribution is 7.19. The number of carbonyl (C=O) groups excluding carboxylic acids is 2. The molecule has 3 nitrogen and oxygen atoms in total. The lowest BCUT2D eigenvalue weighted by Crippen LogP contribution is -1.99. The van der Waals surface area contributed by atoms with E-state index in [1.807, 2.05) is 37.3 Å². The number of hydrogen-bond donors (Lipinski definition) is 0. The summed E-state index contributed by atoms with van der Waals surface area (Å²) in [6, 6.07) is 21.6. The van der Waals surface area contributed by atoms with Gasteiger partial charge in [-0.05, 0) is 47.0 Å². The van der Waals surface area contributed by atoms with Crippen molar-refractivity contribution >= 4 is 61.6 Å². The van der Waals surface area contributed by atoms with Gasteiger partial charge in [0.15, 0.2) is 11.6 Å². The van der Waals surface area contributed by atoms with Crippen LogP contribution in [0.2, 0.25) is 5.02 Å². The van der Waals surface area contributed by atoms with E-state index in [-0.39, 0.29) is 17.1 Å². The summed E-state index contributed by atoms with van der Waals surface area (Å²) in [5, 5.41) is 2.81. The number of aryl methyl sites for hydroxylation is 1. The van der Waals surface area contributed by atoms with Crippen molar-refractivity contribution in [3.05, 3.63) is 98.9 Å². The largest absolute Gasteiger partial charge is 0.455 e. The quantitative estimate of drug-likeness (QED) is 0.199. The molecule has 0 aliphatic heterocycles. The Morgan fingerprint density at radius 3 is 2.45 bits per heavy atom. The summed E-state index contributed by atoms with van der Waals surface area (Å²) in [5.41, 5.74) is 3.64. The fourth-order valence-corrected chi connectivity index (χ4v) is 5.69. The van der Waals surface area contributed by atoms with Crippen LogP contribution < -0.4 is 0 Å². The normalized spacial score (nSPS) is 14.7. The van der Waals surface area contributed by atoms with Gasteiger partial charge in [-0.15, -0.1) is 11.3 Å². The van der Waals surface area contributed by atoms with Gasteiger partial charge >= 0.3 is 0 Å². The van der Waals surface area contributed by atoms with Gasteiger partial charge in [0, 0.05) is 32.7 Å². The predicted octanol–water partition coefficient (Wildman–Crippen LogP) is 7.99. The minimum absolute atomic E-state index is 0.174. The van der Waals surface area contributed by atoms with Crippen LogP contribution in [0, 0.1) is 0 Å². The Bertz CT molecular complexity index is 1610. The fraction of sp³-hybridized carbons (Fsp3) is 0.0714. The second-order valence-electron chi connectivity index (χ2n) is 8.07. The molecule has 5 heteroatoms. The molecule has 0 amide bonds. The molecule has 0 radical (unpaired) electrons. The van der Waals surface area contributed by atoms with E-state index in [1.165, 1.54) is 11.3 Å². The SMILES string of the molecule is CCc1cc2c(cc1Cl)C(=O)/C(=C\c1cc3oc(-c4cccc5ccccc45)cc3s1)C2=O. The highest BCUT2D eigenvalue weighted by atomic mass is 35.5. The highest BCUT2D eigenvalue weighted by Crippen LogP contribution is 2.38. The Hall–Kier alpha value is -3.47. The fourth-order valence-electron chi connectivity index (χ4n) is 4.43. The maximum Gasteiger partial charge on any atom is 0.197 e. The Balaban J connectivity index is 1.38. The van der Waals surface area contributed by atoms with Gasteiger partial charge in [0.25, 0.3) is 0 Å². The van der Waals surface area contributed by atoms with Crippen LogP contribution >= 0.6 is 22.9 Å². The molecule has 0 bridgehead atoms. The highest BCUT2D eigenvalue weighted by Gasteiger charge is 2.34. The molecule has 1 aliphatic carbocycles. The maximum absolute atomic E-state index is 13.0. The van der Waals surface area contributed by atoms with Crippen molar-refractivity contribution in [1.82, 2.24) is 0 Å². The molecular weight excluding hydrogens is 452 g/mol. The van der Waals surface area contributed by atoms with E-state index in [0.29, 0.717) is 22.6 Å². The van der Waals surface area contributed by atoms with Gasteiger partial charge in [-0.25, -0.2) is 0 Å². The van der Waals surface area contributed by atoms with Crippen molar-refractivity contribution < 1.29 is 14.0 Å². The van der Waals surface area contributed by atoms with Crippen molar-refractivity contribution in [2.45, 2.75) is 13.3 Å². The maximum atomic E-state index is 13.0. The summed E-state index contributed by atoms with van der Waals surface area (Å²) in [6.07, 6.45) is 2.37. The number of furan rings is 1. The summed E-state index contributed by atoms with van der Waals surface area (Å²) < 4.78 is 7.13. The first-order valence-corrected chi connectivity index (χ1v) is 11.9. The van der Waals surface area contributed by atoms with Crippen molar-refractivity contribution in [2.75, 3.05) is 0 Å². The van der Waals surface area contributed by atoms with Gasteiger partial charge < -0.3 is 4.42 Å². The smallest absolute Gasteiger partial charge is 0.197 e. The van der Waals surface area contributed by atoms with E-state index in [4.69, 9.17) is 16.0 Å². The second kappa shape index (κ2) is 7.55. The van der Waals surface area contributed by atoms with E-state index in [1.54, 1.807) is 18.2 Å². The molecule has 33 heavy (non-hydrogen) atoms. The van der Waals surface area contributed by atoms with Crippen molar-refractivity contribution in [1.29, 1.82) is 0 Å². The second-order valence-corrected chi connectivity index (χ2v) is 9.60. The van der Waals surface area contributed by atoms with Crippen LogP contribution in [0.1, 0.15) is 38.1 Å². The summed E-state index contributed by atoms with van der Waals surface area (Å²) >= 11 is 7.77. The van der Waals surface area contributed by atoms with Crippen molar-refractivity contribution in [2.24, 2.45) is 0 Å². The zero-order chi connectivity index (χ0) is 22.7. The molecule has 0 atom stereocenters. The minimum atomic E-state index is -0.277. The predicted molar refractivity (Wildman–Crippen MR) is 135 cm³/mol. The number of fused-ring (bicyclic) bond motifs is 3. The van der Waals surface area contributed by atoms with Gasteiger partial charge in [0.2, 0.25) is 0 Å². The number of ketones is 2. The molecule has 5 aromatic rings. The van der Waals surface area contributed by atoms with Crippen LogP contribution in [0.3, 0.4) is 0 Å². The van der Waals surface area contributed by atoms with Gasteiger partial charge in [-0.2, -0.15) is 0 Å². The number of hydrogen-bond acceptors (Lipinski definition) is 4. The number of thiophene rings is 1. The molecule has 2 heterocycles. The molecular formula is C28H17ClO3S. The van der Waals surface area contributed by atoms with Crippen LogP contribution in [0.15, 0.2) is 76.7 Å². The third kappa shape index (κ3) is 3.17. The van der Waals surface area contributed by atoms with Gasteiger partial charge in [0.1, 0.15) is 11.3 Å². The molecule has 2 aromatic heterocycles. The number of benzene rings is 3. The average Bonchev–Trinajstić information content (AvgIpc) is 3.45. The molecule has 3 aromatic carbocycles. The van der Waals surface area contributed by atoms with Gasteiger partial charge in [-0.3, -0.25) is 9.59 Å². The molecule has 0 fully saturated rings. The van der Waals surface area contributed by atoms with Crippen LogP contribution in [0.4, 0.5) is 0 Å². The number of allylic oxidation sites excluding steroid dienone is 1. The Labute approximate surface area is 198 Å². The first-order valence-electron chi connectivity index (χ1n) is 10.7. The molecule has 0 unspecified atom stereocenters. The third-order valence-electron chi connectivity index (χ3n) is 6.11. The van der Waals surface area contributed by atoms with Crippen LogP contribution in [-0.2, 0) is 6.42 Å². The van der Waals surface area contributed by atoms with Gasteiger partial charge in [-0.1, -0.05) is 61.0 Å². The Morgan fingerprint density at radius 2 is 1.67 bits per heavy atom. The summed E-state index contributed by atoms with van der Waals surface area (Å²) in [7, 11) is 0. The van der Waals surface area contributed by atoms with Gasteiger partial charge in [0.05, 0.1) is 10.3 Å². The molecule has 0 saturated carbocycles. The lowest BCUT2D eigenvalue weighted by atomic mass is 10.0. The zero-order valence-electron chi connectivity index (χ0n) is 17.6. The topological polar surface area (TPSA) is 47.3 Å². The number of halogens is 1. The van der Waals surface area contributed by atoms with E-state index < -0.39 is 0 Å². The first kappa shape index (κ1) is 20.2. The number of Topliss-reactive ketones (excluding diaryl/α,β-unsaturated/α-hetero) is 2. The Morgan fingerprint density at radius 1 is 0.909 bits per heavy atom. The summed E-state index contributed by atoms with van der Waals surface area (Å²) in [5.74, 6) is 0.276. The lowest BCUT2D eigenvalue weighted by molar-refractivity contribution is 0.0990. The Kier molecular flexibility index (Phi) is 4.61. The third-order valence-corrected chi connectivity index (χ3v) is 7.48. The summed E-state index contributed by atoms with van der Waals surface area (Å²) in [6.45, 7) is 1.97. The van der Waals surface area contributed by atoms with Crippen LogP contribution in [0.25, 0.3) is 38.5 Å². The van der Waals surface area contributed by atoms with Crippen LogP contribution in [-0.4, -0.2) is 11.6 Å².